The number of benzene rings is 2. The second kappa shape index (κ2) is 6.09. The Kier molecular flexibility index (Phi) is 4.46. The first-order valence-corrected chi connectivity index (χ1v) is 6.93. The quantitative estimate of drug-likeness (QED) is 0.759. The molecule has 19 heavy (non-hydrogen) atoms. The summed E-state index contributed by atoms with van der Waals surface area (Å²) in [5, 5.41) is 9.09. The number of rotatable bonds is 3. The predicted octanol–water partition coefficient (Wildman–Crippen LogP) is 4.88. The van der Waals surface area contributed by atoms with Gasteiger partial charge in [0.25, 0.3) is 0 Å². The van der Waals surface area contributed by atoms with Gasteiger partial charge in [-0.15, -0.1) is 0 Å². The molecule has 0 unspecified atom stereocenters. The average Bonchev–Trinajstić information content (AvgIpc) is 2.42. The van der Waals surface area contributed by atoms with Gasteiger partial charge < -0.3 is 9.47 Å². The maximum atomic E-state index is 9.09. The maximum Gasteiger partial charge on any atom is 0.145 e. The SMILES string of the molecule is COc1ccc(Oc2ccc(Br)cc2C#N)c(Br)c1. The van der Waals surface area contributed by atoms with Crippen LogP contribution in [0.4, 0.5) is 0 Å². The van der Waals surface area contributed by atoms with Crippen molar-refractivity contribution >= 4 is 31.9 Å². The molecule has 0 fully saturated rings. The average molecular weight is 383 g/mol. The smallest absolute Gasteiger partial charge is 0.145 e. The number of hydrogen-bond donors (Lipinski definition) is 0. The van der Waals surface area contributed by atoms with Gasteiger partial charge in [-0.25, -0.2) is 0 Å². The van der Waals surface area contributed by atoms with Crippen LogP contribution in [0.25, 0.3) is 0 Å². The lowest BCUT2D eigenvalue weighted by molar-refractivity contribution is 0.412. The molecule has 5 heteroatoms. The van der Waals surface area contributed by atoms with Gasteiger partial charge in [-0.3, -0.25) is 0 Å². The highest BCUT2D eigenvalue weighted by molar-refractivity contribution is 9.10. The minimum Gasteiger partial charge on any atom is -0.497 e. The summed E-state index contributed by atoms with van der Waals surface area (Å²) in [6.07, 6.45) is 0. The molecular formula is C14H9Br2NO2. The monoisotopic (exact) mass is 381 g/mol. The van der Waals surface area contributed by atoms with Crippen LogP contribution in [-0.2, 0) is 0 Å². The highest BCUT2D eigenvalue weighted by Crippen LogP contribution is 2.34. The molecule has 0 spiro atoms. The van der Waals surface area contributed by atoms with Crippen LogP contribution in [0.3, 0.4) is 0 Å². The van der Waals surface area contributed by atoms with E-state index < -0.39 is 0 Å². The van der Waals surface area contributed by atoms with Crippen molar-refractivity contribution in [2.45, 2.75) is 0 Å². The molecular weight excluding hydrogens is 374 g/mol. The van der Waals surface area contributed by atoms with Gasteiger partial charge in [0.1, 0.15) is 23.3 Å². The van der Waals surface area contributed by atoms with Crippen LogP contribution in [0, 0.1) is 11.3 Å². The Labute approximate surface area is 128 Å². The topological polar surface area (TPSA) is 42.2 Å². The van der Waals surface area contributed by atoms with Gasteiger partial charge in [0, 0.05) is 4.47 Å². The molecule has 2 aromatic carbocycles. The summed E-state index contributed by atoms with van der Waals surface area (Å²) >= 11 is 6.73. The molecule has 0 heterocycles. The molecule has 0 bridgehead atoms. The van der Waals surface area contributed by atoms with E-state index in [2.05, 4.69) is 37.9 Å². The lowest BCUT2D eigenvalue weighted by Gasteiger charge is -2.10. The summed E-state index contributed by atoms with van der Waals surface area (Å²) < 4.78 is 12.5. The number of halogens is 2. The van der Waals surface area contributed by atoms with Gasteiger partial charge in [0.2, 0.25) is 0 Å². The number of hydrogen-bond acceptors (Lipinski definition) is 3. The van der Waals surface area contributed by atoms with Crippen LogP contribution in [0.2, 0.25) is 0 Å². The van der Waals surface area contributed by atoms with E-state index in [0.29, 0.717) is 17.1 Å². The zero-order valence-electron chi connectivity index (χ0n) is 9.98. The number of methoxy groups -OCH3 is 1. The Bertz CT molecular complexity index is 650. The fourth-order valence-electron chi connectivity index (χ4n) is 1.49. The minimum absolute atomic E-state index is 0.470. The minimum atomic E-state index is 0.470. The van der Waals surface area contributed by atoms with E-state index in [1.165, 1.54) is 0 Å². The zero-order chi connectivity index (χ0) is 13.8. The van der Waals surface area contributed by atoms with Gasteiger partial charge in [0.15, 0.2) is 0 Å². The highest BCUT2D eigenvalue weighted by atomic mass is 79.9. The Balaban J connectivity index is 2.34. The van der Waals surface area contributed by atoms with Crippen molar-refractivity contribution in [1.29, 1.82) is 5.26 Å². The van der Waals surface area contributed by atoms with Gasteiger partial charge in [-0.05, 0) is 52.3 Å². The van der Waals surface area contributed by atoms with E-state index in [1.54, 1.807) is 37.4 Å². The summed E-state index contributed by atoms with van der Waals surface area (Å²) in [7, 11) is 1.60. The second-order valence-corrected chi connectivity index (χ2v) is 5.42. The third kappa shape index (κ3) is 3.28. The van der Waals surface area contributed by atoms with E-state index in [1.807, 2.05) is 6.07 Å². The molecule has 3 nitrogen and oxygen atoms in total. The summed E-state index contributed by atoms with van der Waals surface area (Å²) in [6.45, 7) is 0. The number of ether oxygens (including phenoxy) is 2. The van der Waals surface area contributed by atoms with E-state index in [9.17, 15) is 0 Å². The zero-order valence-corrected chi connectivity index (χ0v) is 13.2. The van der Waals surface area contributed by atoms with E-state index in [4.69, 9.17) is 14.7 Å². The largest absolute Gasteiger partial charge is 0.497 e. The molecule has 0 saturated carbocycles. The molecule has 96 valence electrons. The predicted molar refractivity (Wildman–Crippen MR) is 79.6 cm³/mol. The normalized spacial score (nSPS) is 9.79. The van der Waals surface area contributed by atoms with Gasteiger partial charge >= 0.3 is 0 Å². The van der Waals surface area contributed by atoms with Crippen molar-refractivity contribution in [3.05, 3.63) is 50.9 Å². The fraction of sp³-hybridized carbons (Fsp3) is 0.0714. The number of nitriles is 1. The molecule has 0 saturated heterocycles. The Hall–Kier alpha value is -1.51. The van der Waals surface area contributed by atoms with Crippen molar-refractivity contribution in [2.75, 3.05) is 7.11 Å². The maximum absolute atomic E-state index is 9.09. The van der Waals surface area contributed by atoms with Crippen LogP contribution in [0.15, 0.2) is 45.3 Å². The first kappa shape index (κ1) is 13.9. The van der Waals surface area contributed by atoms with Crippen LogP contribution in [-0.4, -0.2) is 7.11 Å². The first-order chi connectivity index (χ1) is 9.13. The Morgan fingerprint density at radius 2 is 1.79 bits per heavy atom. The molecule has 2 aromatic rings. The fourth-order valence-corrected chi connectivity index (χ4v) is 2.29. The Morgan fingerprint density at radius 3 is 2.42 bits per heavy atom. The van der Waals surface area contributed by atoms with Crippen molar-refractivity contribution in [3.8, 4) is 23.3 Å². The molecule has 0 amide bonds. The van der Waals surface area contributed by atoms with Crippen LogP contribution in [0.1, 0.15) is 5.56 Å². The lowest BCUT2D eigenvalue weighted by atomic mass is 10.2. The van der Waals surface area contributed by atoms with Crippen LogP contribution < -0.4 is 9.47 Å². The van der Waals surface area contributed by atoms with Crippen molar-refractivity contribution in [3.63, 3.8) is 0 Å². The number of nitrogens with zero attached hydrogens (tertiary/aromatic N) is 1. The Morgan fingerprint density at radius 1 is 1.05 bits per heavy atom. The third-order valence-corrected chi connectivity index (χ3v) is 3.53. The highest BCUT2D eigenvalue weighted by Gasteiger charge is 2.08. The van der Waals surface area contributed by atoms with E-state index >= 15 is 0 Å². The van der Waals surface area contributed by atoms with Crippen LogP contribution in [0.5, 0.6) is 17.2 Å². The molecule has 0 aliphatic rings. The van der Waals surface area contributed by atoms with Gasteiger partial charge in [-0.1, -0.05) is 15.9 Å². The summed E-state index contributed by atoms with van der Waals surface area (Å²) in [5.74, 6) is 1.87. The standard InChI is InChI=1S/C14H9Br2NO2/c1-18-11-3-5-14(12(16)7-11)19-13-4-2-10(15)6-9(13)8-17/h2-7H,1H3. The van der Waals surface area contributed by atoms with Crippen molar-refractivity contribution in [2.24, 2.45) is 0 Å². The first-order valence-electron chi connectivity index (χ1n) is 5.35. The van der Waals surface area contributed by atoms with Crippen LogP contribution >= 0.6 is 31.9 Å². The molecule has 0 N–H and O–H groups in total. The lowest BCUT2D eigenvalue weighted by Crippen LogP contribution is -1.90. The van der Waals surface area contributed by atoms with E-state index in [-0.39, 0.29) is 0 Å². The van der Waals surface area contributed by atoms with Crippen molar-refractivity contribution in [1.82, 2.24) is 0 Å². The molecule has 0 aliphatic heterocycles. The second-order valence-electron chi connectivity index (χ2n) is 3.65. The third-order valence-electron chi connectivity index (χ3n) is 2.42. The van der Waals surface area contributed by atoms with Gasteiger partial charge in [-0.2, -0.15) is 5.26 Å². The molecule has 0 atom stereocenters. The molecule has 0 aliphatic carbocycles. The summed E-state index contributed by atoms with van der Waals surface area (Å²) in [4.78, 5) is 0. The van der Waals surface area contributed by atoms with E-state index in [0.717, 1.165) is 14.7 Å². The summed E-state index contributed by atoms with van der Waals surface area (Å²) in [5.41, 5.74) is 0.470. The van der Waals surface area contributed by atoms with Gasteiger partial charge in [0.05, 0.1) is 17.1 Å². The molecule has 2 rings (SSSR count). The summed E-state index contributed by atoms with van der Waals surface area (Å²) in [6, 6.07) is 12.8. The molecule has 0 radical (unpaired) electrons. The molecule has 0 aromatic heterocycles. The van der Waals surface area contributed by atoms with Crippen molar-refractivity contribution < 1.29 is 9.47 Å².